The number of rotatable bonds is 4. The third kappa shape index (κ3) is 3.68. The molecule has 0 unspecified atom stereocenters. The normalized spacial score (nSPS) is 17.1. The molecule has 0 amide bonds. The number of halogens is 1. The van der Waals surface area contributed by atoms with E-state index in [2.05, 4.69) is 0 Å². The van der Waals surface area contributed by atoms with Crippen molar-refractivity contribution in [2.45, 2.75) is 26.1 Å². The molecule has 1 aromatic carbocycles. The standard InChI is InChI=1S/C13H17FO3/c1-10-3-4-11(9-12(10)14)15-8-5-13-16-6-2-7-17-13/h3-4,9,13H,2,5-8H2,1H3. The summed E-state index contributed by atoms with van der Waals surface area (Å²) in [5, 5.41) is 0. The van der Waals surface area contributed by atoms with Crippen molar-refractivity contribution in [3.8, 4) is 5.75 Å². The predicted octanol–water partition coefficient (Wildman–Crippen LogP) is 2.67. The Hall–Kier alpha value is -1.13. The Bertz CT molecular complexity index is 362. The summed E-state index contributed by atoms with van der Waals surface area (Å²) in [6.07, 6.45) is 1.43. The molecule has 17 heavy (non-hydrogen) atoms. The lowest BCUT2D eigenvalue weighted by atomic mass is 10.2. The lowest BCUT2D eigenvalue weighted by Crippen LogP contribution is -2.26. The zero-order valence-electron chi connectivity index (χ0n) is 9.95. The van der Waals surface area contributed by atoms with E-state index in [0.717, 1.165) is 19.6 Å². The maximum absolute atomic E-state index is 13.2. The summed E-state index contributed by atoms with van der Waals surface area (Å²) < 4.78 is 29.4. The van der Waals surface area contributed by atoms with E-state index >= 15 is 0 Å². The zero-order valence-corrected chi connectivity index (χ0v) is 9.95. The van der Waals surface area contributed by atoms with Crippen LogP contribution in [0.2, 0.25) is 0 Å². The molecule has 0 radical (unpaired) electrons. The van der Waals surface area contributed by atoms with Gasteiger partial charge in [-0.25, -0.2) is 4.39 Å². The van der Waals surface area contributed by atoms with Gasteiger partial charge in [0.25, 0.3) is 0 Å². The lowest BCUT2D eigenvalue weighted by Gasteiger charge is -2.23. The molecule has 0 aromatic heterocycles. The Morgan fingerprint density at radius 2 is 2.12 bits per heavy atom. The highest BCUT2D eigenvalue weighted by atomic mass is 19.1. The number of hydrogen-bond donors (Lipinski definition) is 0. The van der Waals surface area contributed by atoms with Gasteiger partial charge in [0, 0.05) is 12.5 Å². The fourth-order valence-corrected chi connectivity index (χ4v) is 1.64. The van der Waals surface area contributed by atoms with E-state index in [-0.39, 0.29) is 12.1 Å². The maximum Gasteiger partial charge on any atom is 0.160 e. The van der Waals surface area contributed by atoms with Crippen molar-refractivity contribution >= 4 is 0 Å². The van der Waals surface area contributed by atoms with E-state index in [1.807, 2.05) is 0 Å². The molecule has 0 saturated carbocycles. The van der Waals surface area contributed by atoms with Crippen molar-refractivity contribution in [3.63, 3.8) is 0 Å². The van der Waals surface area contributed by atoms with Gasteiger partial charge in [0.15, 0.2) is 6.29 Å². The summed E-state index contributed by atoms with van der Waals surface area (Å²) >= 11 is 0. The van der Waals surface area contributed by atoms with E-state index in [0.29, 0.717) is 24.3 Å². The quantitative estimate of drug-likeness (QED) is 0.809. The number of aryl methyl sites for hydroxylation is 1. The Labute approximate surface area is 100 Å². The first-order valence-electron chi connectivity index (χ1n) is 5.88. The van der Waals surface area contributed by atoms with E-state index in [4.69, 9.17) is 14.2 Å². The molecule has 1 aliphatic heterocycles. The van der Waals surface area contributed by atoms with Crippen LogP contribution in [0.4, 0.5) is 4.39 Å². The van der Waals surface area contributed by atoms with Crippen LogP contribution in [0.3, 0.4) is 0 Å². The third-order valence-electron chi connectivity index (χ3n) is 2.66. The summed E-state index contributed by atoms with van der Waals surface area (Å²) in [5.74, 6) is 0.302. The van der Waals surface area contributed by atoms with Gasteiger partial charge in [-0.1, -0.05) is 6.07 Å². The Balaban J connectivity index is 1.75. The van der Waals surface area contributed by atoms with Crippen LogP contribution in [0.5, 0.6) is 5.75 Å². The van der Waals surface area contributed by atoms with Crippen molar-refractivity contribution in [1.29, 1.82) is 0 Å². The number of ether oxygens (including phenoxy) is 3. The van der Waals surface area contributed by atoms with E-state index in [9.17, 15) is 4.39 Å². The van der Waals surface area contributed by atoms with Crippen LogP contribution in [0.25, 0.3) is 0 Å². The summed E-state index contributed by atoms with van der Waals surface area (Å²) in [7, 11) is 0. The maximum atomic E-state index is 13.2. The van der Waals surface area contributed by atoms with Gasteiger partial charge in [-0.2, -0.15) is 0 Å². The molecular weight excluding hydrogens is 223 g/mol. The van der Waals surface area contributed by atoms with Crippen molar-refractivity contribution in [1.82, 2.24) is 0 Å². The van der Waals surface area contributed by atoms with Gasteiger partial charge in [-0.3, -0.25) is 0 Å². The second kappa shape index (κ2) is 5.98. The smallest absolute Gasteiger partial charge is 0.160 e. The minimum Gasteiger partial charge on any atom is -0.493 e. The third-order valence-corrected chi connectivity index (χ3v) is 2.66. The highest BCUT2D eigenvalue weighted by Crippen LogP contribution is 2.17. The second-order valence-corrected chi connectivity index (χ2v) is 4.07. The molecule has 0 atom stereocenters. The number of hydrogen-bond acceptors (Lipinski definition) is 3. The van der Waals surface area contributed by atoms with Gasteiger partial charge in [-0.05, 0) is 25.0 Å². The van der Waals surface area contributed by atoms with E-state index < -0.39 is 0 Å². The predicted molar refractivity (Wildman–Crippen MR) is 61.6 cm³/mol. The van der Waals surface area contributed by atoms with Crippen molar-refractivity contribution in [2.75, 3.05) is 19.8 Å². The Kier molecular flexibility index (Phi) is 4.34. The first kappa shape index (κ1) is 12.3. The molecule has 2 rings (SSSR count). The molecule has 1 aliphatic rings. The van der Waals surface area contributed by atoms with Gasteiger partial charge in [0.05, 0.1) is 19.8 Å². The highest BCUT2D eigenvalue weighted by molar-refractivity contribution is 5.27. The summed E-state index contributed by atoms with van der Waals surface area (Å²) in [5.41, 5.74) is 0.622. The van der Waals surface area contributed by atoms with Gasteiger partial charge < -0.3 is 14.2 Å². The molecule has 1 aromatic rings. The minimum atomic E-state index is -0.243. The molecule has 94 valence electrons. The molecule has 1 fully saturated rings. The van der Waals surface area contributed by atoms with Crippen LogP contribution in [-0.2, 0) is 9.47 Å². The molecule has 0 bridgehead atoms. The van der Waals surface area contributed by atoms with Crippen LogP contribution in [0.15, 0.2) is 18.2 Å². The summed E-state index contributed by atoms with van der Waals surface area (Å²) in [6.45, 7) is 3.67. The zero-order chi connectivity index (χ0) is 12.1. The Morgan fingerprint density at radius 1 is 1.35 bits per heavy atom. The topological polar surface area (TPSA) is 27.7 Å². The molecule has 0 spiro atoms. The molecular formula is C13H17FO3. The number of benzene rings is 1. The van der Waals surface area contributed by atoms with Crippen molar-refractivity contribution in [2.24, 2.45) is 0 Å². The van der Waals surface area contributed by atoms with Crippen LogP contribution >= 0.6 is 0 Å². The molecule has 3 nitrogen and oxygen atoms in total. The molecule has 0 aliphatic carbocycles. The SMILES string of the molecule is Cc1ccc(OCCC2OCCCO2)cc1F. The van der Waals surface area contributed by atoms with Crippen molar-refractivity contribution < 1.29 is 18.6 Å². The first-order chi connectivity index (χ1) is 8.25. The fourth-order valence-electron chi connectivity index (χ4n) is 1.64. The van der Waals surface area contributed by atoms with Crippen LogP contribution in [0.1, 0.15) is 18.4 Å². The Morgan fingerprint density at radius 3 is 2.82 bits per heavy atom. The minimum absolute atomic E-state index is 0.181. The molecule has 0 N–H and O–H groups in total. The van der Waals surface area contributed by atoms with Gasteiger partial charge in [0.1, 0.15) is 11.6 Å². The van der Waals surface area contributed by atoms with Crippen molar-refractivity contribution in [3.05, 3.63) is 29.6 Å². The van der Waals surface area contributed by atoms with Crippen LogP contribution < -0.4 is 4.74 Å². The second-order valence-electron chi connectivity index (χ2n) is 4.07. The van der Waals surface area contributed by atoms with Crippen LogP contribution in [0, 0.1) is 12.7 Å². The monoisotopic (exact) mass is 240 g/mol. The van der Waals surface area contributed by atoms with E-state index in [1.165, 1.54) is 6.07 Å². The summed E-state index contributed by atoms with van der Waals surface area (Å²) in [6, 6.07) is 4.87. The molecule has 1 saturated heterocycles. The average Bonchev–Trinajstić information content (AvgIpc) is 2.35. The van der Waals surface area contributed by atoms with Gasteiger partial charge in [-0.15, -0.1) is 0 Å². The average molecular weight is 240 g/mol. The highest BCUT2D eigenvalue weighted by Gasteiger charge is 2.13. The van der Waals surface area contributed by atoms with Gasteiger partial charge in [0.2, 0.25) is 0 Å². The van der Waals surface area contributed by atoms with Crippen LogP contribution in [-0.4, -0.2) is 26.1 Å². The lowest BCUT2D eigenvalue weighted by molar-refractivity contribution is -0.183. The largest absolute Gasteiger partial charge is 0.493 e. The molecule has 1 heterocycles. The van der Waals surface area contributed by atoms with Gasteiger partial charge >= 0.3 is 0 Å². The first-order valence-corrected chi connectivity index (χ1v) is 5.88. The van der Waals surface area contributed by atoms with E-state index in [1.54, 1.807) is 19.1 Å². The summed E-state index contributed by atoms with van der Waals surface area (Å²) in [4.78, 5) is 0. The fraction of sp³-hybridized carbons (Fsp3) is 0.538. The molecule has 4 heteroatoms.